The summed E-state index contributed by atoms with van der Waals surface area (Å²) >= 11 is 12.0. The Morgan fingerprint density at radius 3 is 2.38 bits per heavy atom. The van der Waals surface area contributed by atoms with Gasteiger partial charge in [0.25, 0.3) is 5.91 Å². The summed E-state index contributed by atoms with van der Waals surface area (Å²) in [7, 11) is 1.56. The first-order chi connectivity index (χ1) is 17.5. The number of carbonyl (C=O) groups is 2. The summed E-state index contributed by atoms with van der Waals surface area (Å²) < 4.78 is 39.3. The Balaban J connectivity index is 1.66. The lowest BCUT2D eigenvalue weighted by Crippen LogP contribution is -2.47. The molecule has 37 heavy (non-hydrogen) atoms. The number of benzene rings is 3. The number of hydrogen-bond donors (Lipinski definition) is 1. The van der Waals surface area contributed by atoms with Crippen LogP contribution < -0.4 is 10.2 Å². The van der Waals surface area contributed by atoms with E-state index in [1.54, 1.807) is 56.4 Å². The molecule has 0 fully saturated rings. The highest BCUT2D eigenvalue weighted by atomic mass is 35.5. The number of nitrogens with one attached hydrogen (secondary N) is 1. The second-order valence-electron chi connectivity index (χ2n) is 8.73. The van der Waals surface area contributed by atoms with Crippen molar-refractivity contribution in [2.24, 2.45) is 10.9 Å². The summed E-state index contributed by atoms with van der Waals surface area (Å²) in [6, 6.07) is 16.5. The lowest BCUT2D eigenvalue weighted by molar-refractivity contribution is -0.137. The molecule has 0 bridgehead atoms. The molecule has 1 aliphatic rings. The van der Waals surface area contributed by atoms with Crippen LogP contribution in [0.4, 0.5) is 18.9 Å². The fraction of sp³-hybridized carbons (Fsp3) is 0.222. The van der Waals surface area contributed by atoms with Crippen molar-refractivity contribution in [3.8, 4) is 0 Å². The first-order valence-corrected chi connectivity index (χ1v) is 12.1. The summed E-state index contributed by atoms with van der Waals surface area (Å²) in [5.74, 6) is -1.44. The Labute approximate surface area is 221 Å². The van der Waals surface area contributed by atoms with E-state index in [0.29, 0.717) is 39.0 Å². The minimum absolute atomic E-state index is 0.296. The molecule has 0 aromatic heterocycles. The predicted octanol–water partition coefficient (Wildman–Crippen LogP) is 6.15. The van der Waals surface area contributed by atoms with Crippen LogP contribution in [-0.2, 0) is 22.2 Å². The number of amides is 2. The third-order valence-electron chi connectivity index (χ3n) is 6.08. The number of halogens is 5. The zero-order chi connectivity index (χ0) is 26.9. The van der Waals surface area contributed by atoms with Gasteiger partial charge in [-0.15, -0.1) is 0 Å². The smallest absolute Gasteiger partial charge is 0.326 e. The van der Waals surface area contributed by atoms with Crippen molar-refractivity contribution in [2.45, 2.75) is 25.7 Å². The van der Waals surface area contributed by atoms with Gasteiger partial charge in [-0.25, -0.2) is 4.99 Å². The number of para-hydroxylation sites is 1. The van der Waals surface area contributed by atoms with Gasteiger partial charge in [0, 0.05) is 24.1 Å². The summed E-state index contributed by atoms with van der Waals surface area (Å²) in [5, 5.41) is 3.47. The average Bonchev–Trinajstić information content (AvgIpc) is 2.96. The van der Waals surface area contributed by atoms with Gasteiger partial charge in [-0.1, -0.05) is 66.5 Å². The molecule has 192 valence electrons. The molecule has 0 saturated carbocycles. The number of fused-ring (bicyclic) bond motifs is 1. The molecule has 1 aliphatic heterocycles. The third kappa shape index (κ3) is 5.81. The molecule has 3 aromatic rings. The molecule has 0 aliphatic carbocycles. The first-order valence-electron chi connectivity index (χ1n) is 11.3. The van der Waals surface area contributed by atoms with Gasteiger partial charge < -0.3 is 10.2 Å². The van der Waals surface area contributed by atoms with Crippen molar-refractivity contribution < 1.29 is 22.8 Å². The lowest BCUT2D eigenvalue weighted by Gasteiger charge is -2.22. The quantitative estimate of drug-likeness (QED) is 0.416. The van der Waals surface area contributed by atoms with Gasteiger partial charge in [-0.05, 0) is 42.3 Å². The van der Waals surface area contributed by atoms with E-state index < -0.39 is 35.6 Å². The summed E-state index contributed by atoms with van der Waals surface area (Å²) in [6.45, 7) is 1.71. The summed E-state index contributed by atoms with van der Waals surface area (Å²) in [5.41, 5.74) is 1.75. The van der Waals surface area contributed by atoms with E-state index in [-0.39, 0.29) is 0 Å². The van der Waals surface area contributed by atoms with Crippen LogP contribution >= 0.6 is 23.2 Å². The minimum Gasteiger partial charge on any atom is -0.326 e. The van der Waals surface area contributed by atoms with Crippen LogP contribution in [0.15, 0.2) is 71.7 Å². The number of anilines is 1. The molecule has 5 nitrogen and oxygen atoms in total. The number of benzodiazepines with no additional fused rings is 1. The van der Waals surface area contributed by atoms with E-state index in [4.69, 9.17) is 23.2 Å². The molecule has 2 atom stereocenters. The van der Waals surface area contributed by atoms with Crippen molar-refractivity contribution in [1.82, 2.24) is 5.32 Å². The Kier molecular flexibility index (Phi) is 7.62. The van der Waals surface area contributed by atoms with E-state index in [1.165, 1.54) is 17.0 Å². The van der Waals surface area contributed by atoms with Crippen molar-refractivity contribution in [3.05, 3.63) is 99.0 Å². The zero-order valence-corrected chi connectivity index (χ0v) is 21.3. The molecule has 10 heteroatoms. The normalized spacial score (nSPS) is 16.5. The SMILES string of the molecule is C[C@@H](Cc1ccc(Cl)c(Cl)c1)C(=O)NC1N=C(c2ccc(C(F)(F)F)cc2)c2ccccc2N(C)C1=O. The highest BCUT2D eigenvalue weighted by molar-refractivity contribution is 6.42. The molecule has 0 saturated heterocycles. The number of likely N-dealkylation sites (N-methyl/N-ethyl adjacent to an activating group) is 1. The zero-order valence-electron chi connectivity index (χ0n) is 19.8. The molecule has 0 radical (unpaired) electrons. The van der Waals surface area contributed by atoms with Gasteiger partial charge in [-0.2, -0.15) is 13.2 Å². The fourth-order valence-electron chi connectivity index (χ4n) is 4.05. The minimum atomic E-state index is -4.49. The van der Waals surface area contributed by atoms with Gasteiger partial charge in [0.2, 0.25) is 12.1 Å². The largest absolute Gasteiger partial charge is 0.416 e. The Hall–Kier alpha value is -3.36. The fourth-order valence-corrected chi connectivity index (χ4v) is 4.37. The lowest BCUT2D eigenvalue weighted by atomic mass is 9.99. The molecule has 4 rings (SSSR count). The van der Waals surface area contributed by atoms with Crippen LogP contribution in [0.25, 0.3) is 0 Å². The summed E-state index contributed by atoms with van der Waals surface area (Å²) in [4.78, 5) is 32.3. The highest BCUT2D eigenvalue weighted by Crippen LogP contribution is 2.31. The van der Waals surface area contributed by atoms with Crippen molar-refractivity contribution in [3.63, 3.8) is 0 Å². The first kappa shape index (κ1) is 26.7. The number of rotatable bonds is 5. The number of aliphatic imine (C=N–C) groups is 1. The highest BCUT2D eigenvalue weighted by Gasteiger charge is 2.33. The third-order valence-corrected chi connectivity index (χ3v) is 6.82. The maximum absolute atomic E-state index is 13.3. The standard InChI is InChI=1S/C27H22Cl2F3N3O2/c1-15(13-16-7-12-20(28)21(29)14-16)25(36)34-24-26(37)35(2)22-6-4-3-5-19(22)23(33-24)17-8-10-18(11-9-17)27(30,31)32/h3-12,14-15,24H,13H2,1-2H3,(H,34,36)/t15-,24?/m0/s1. The van der Waals surface area contributed by atoms with E-state index >= 15 is 0 Å². The molecule has 0 spiro atoms. The number of nitrogens with zero attached hydrogens (tertiary/aromatic N) is 2. The van der Waals surface area contributed by atoms with Gasteiger partial charge in [0.05, 0.1) is 27.0 Å². The second-order valence-corrected chi connectivity index (χ2v) is 9.55. The molecular weight excluding hydrogens is 526 g/mol. The predicted molar refractivity (Wildman–Crippen MR) is 138 cm³/mol. The van der Waals surface area contributed by atoms with Gasteiger partial charge in [0.1, 0.15) is 0 Å². The molecule has 3 aromatic carbocycles. The van der Waals surface area contributed by atoms with Gasteiger partial charge in [-0.3, -0.25) is 9.59 Å². The van der Waals surface area contributed by atoms with E-state index in [0.717, 1.165) is 17.7 Å². The number of carbonyl (C=O) groups excluding carboxylic acids is 2. The molecule has 2 amide bonds. The maximum atomic E-state index is 13.3. The van der Waals surface area contributed by atoms with Crippen LogP contribution in [0.5, 0.6) is 0 Å². The monoisotopic (exact) mass is 547 g/mol. The van der Waals surface area contributed by atoms with Crippen LogP contribution in [0.1, 0.15) is 29.2 Å². The van der Waals surface area contributed by atoms with Crippen LogP contribution in [0, 0.1) is 5.92 Å². The topological polar surface area (TPSA) is 61.8 Å². The second kappa shape index (κ2) is 10.6. The van der Waals surface area contributed by atoms with Crippen LogP contribution in [0.2, 0.25) is 10.0 Å². The van der Waals surface area contributed by atoms with Gasteiger partial charge >= 0.3 is 6.18 Å². The van der Waals surface area contributed by atoms with E-state index in [9.17, 15) is 22.8 Å². The Morgan fingerprint density at radius 1 is 1.05 bits per heavy atom. The average molecular weight is 548 g/mol. The summed E-state index contributed by atoms with van der Waals surface area (Å²) in [6.07, 6.45) is -5.42. The number of hydrogen-bond acceptors (Lipinski definition) is 3. The van der Waals surface area contributed by atoms with Crippen LogP contribution in [-0.4, -0.2) is 30.7 Å². The van der Waals surface area contributed by atoms with Crippen molar-refractivity contribution in [2.75, 3.05) is 11.9 Å². The molecule has 1 N–H and O–H groups in total. The molecule has 1 heterocycles. The van der Waals surface area contributed by atoms with Crippen LogP contribution in [0.3, 0.4) is 0 Å². The molecule has 1 unspecified atom stereocenters. The van der Waals surface area contributed by atoms with Crippen molar-refractivity contribution in [1.29, 1.82) is 0 Å². The maximum Gasteiger partial charge on any atom is 0.416 e. The van der Waals surface area contributed by atoms with E-state index in [2.05, 4.69) is 10.3 Å². The Bertz CT molecular complexity index is 1370. The number of alkyl halides is 3. The van der Waals surface area contributed by atoms with Crippen molar-refractivity contribution >= 4 is 46.4 Å². The van der Waals surface area contributed by atoms with Gasteiger partial charge in [0.15, 0.2) is 0 Å². The molecular formula is C27H22Cl2F3N3O2. The van der Waals surface area contributed by atoms with E-state index in [1.807, 2.05) is 0 Å². The Morgan fingerprint density at radius 2 is 1.73 bits per heavy atom.